The predicted molar refractivity (Wildman–Crippen MR) is 417 cm³/mol. The summed E-state index contributed by atoms with van der Waals surface area (Å²) in [6, 6.07) is -1.12. The summed E-state index contributed by atoms with van der Waals surface area (Å²) in [5.74, 6) is -2.30. The quantitative estimate of drug-likeness (QED) is 0.0236. The van der Waals surface area contributed by atoms with Gasteiger partial charge in [0.2, 0.25) is 5.91 Å². The molecule has 0 bridgehead atoms. The Kier molecular flexibility index (Phi) is 55.5. The number of nitrogens with one attached hydrogen (secondary N) is 1. The average molecular weight is 1890 g/mol. The summed E-state index contributed by atoms with van der Waals surface area (Å²) in [4.78, 5) is 74.4. The van der Waals surface area contributed by atoms with Crippen molar-refractivity contribution >= 4 is 52.6 Å². The summed E-state index contributed by atoms with van der Waals surface area (Å²) in [7, 11) is -26.3. The number of phosphoric acid groups is 5. The zero-order valence-electron chi connectivity index (χ0n) is 69.5. The molecule has 718 valence electrons. The minimum Gasteiger partial charge on any atom is -0.394 e. The molecule has 121 heavy (non-hydrogen) atoms. The number of hydrogen-bond acceptors (Lipinski definition) is 40. The molecule has 0 spiro atoms. The van der Waals surface area contributed by atoms with E-state index in [1.165, 1.54) is 14.0 Å². The van der Waals surface area contributed by atoms with Crippen LogP contribution in [0.25, 0.3) is 0 Å². The maximum atomic E-state index is 13.7. The highest BCUT2D eigenvalue weighted by atomic mass is 31.2. The Bertz CT molecular complexity index is 2980. The topological polar surface area (TPSA) is 656 Å². The van der Waals surface area contributed by atoms with Gasteiger partial charge in [-0.3, -0.25) is 54.6 Å². The van der Waals surface area contributed by atoms with Gasteiger partial charge in [-0.05, 0) is 64.7 Å². The van der Waals surface area contributed by atoms with Gasteiger partial charge in [-0.25, -0.2) is 22.8 Å². The first-order chi connectivity index (χ1) is 57.2. The van der Waals surface area contributed by atoms with Gasteiger partial charge in [0.15, 0.2) is 32.5 Å². The molecule has 25 atom stereocenters. The maximum Gasteiger partial charge on any atom is 0.474 e. The van der Waals surface area contributed by atoms with E-state index < -0.39 is 240 Å². The highest BCUT2D eigenvalue weighted by Gasteiger charge is 2.48. The number of hydrogen-bond donors (Lipinski definition) is 16. The molecule has 4 aliphatic rings. The van der Waals surface area contributed by atoms with Crippen molar-refractivity contribution in [3.05, 3.63) is 0 Å². The van der Waals surface area contributed by atoms with Crippen LogP contribution >= 0.6 is 46.7 Å². The van der Waals surface area contributed by atoms with Crippen LogP contribution in [0.15, 0.2) is 0 Å². The van der Waals surface area contributed by atoms with Crippen LogP contribution < -0.4 is 5.32 Å². The lowest BCUT2D eigenvalue weighted by Crippen LogP contribution is -2.64. The fourth-order valence-corrected chi connectivity index (χ4v) is 16.7. The van der Waals surface area contributed by atoms with Crippen molar-refractivity contribution in [3.63, 3.8) is 0 Å². The van der Waals surface area contributed by atoms with Crippen molar-refractivity contribution in [2.24, 2.45) is 23.2 Å². The molecule has 47 nitrogen and oxygen atoms in total. The zero-order chi connectivity index (χ0) is 89.7. The second-order valence-corrected chi connectivity index (χ2v) is 38.9. The highest BCUT2D eigenvalue weighted by molar-refractivity contribution is 7.52. The van der Waals surface area contributed by atoms with Gasteiger partial charge in [-0.15, -0.1) is 0 Å². The van der Waals surface area contributed by atoms with Crippen molar-refractivity contribution in [1.82, 2.24) is 5.32 Å². The fourth-order valence-electron chi connectivity index (χ4n) is 12.4. The lowest BCUT2D eigenvalue weighted by Gasteiger charge is -2.42. The fraction of sp³-hybridized carbons (Fsp3) is 0.985. The van der Waals surface area contributed by atoms with Gasteiger partial charge in [0.05, 0.1) is 136 Å². The molecule has 16 N–H and O–H groups in total. The molecule has 4 saturated heterocycles. The minimum atomic E-state index is -5.13. The van der Waals surface area contributed by atoms with Crippen LogP contribution in [0, 0.1) is 23.2 Å². The molecule has 4 aliphatic heterocycles. The molecule has 0 aromatic heterocycles. The van der Waals surface area contributed by atoms with Gasteiger partial charge in [0, 0.05) is 84.5 Å². The van der Waals surface area contributed by atoms with E-state index in [-0.39, 0.29) is 125 Å². The first-order valence-electron chi connectivity index (χ1n) is 40.3. The first kappa shape index (κ1) is 113. The normalized spacial score (nSPS) is 29.9. The number of phosphoric ester groups is 5. The van der Waals surface area contributed by atoms with E-state index in [0.717, 1.165) is 6.66 Å². The van der Waals surface area contributed by atoms with Gasteiger partial charge < -0.3 is 147 Å². The van der Waals surface area contributed by atoms with E-state index in [1.807, 2.05) is 0 Å². The minimum absolute atomic E-state index is 0.0360. The lowest BCUT2D eigenvalue weighted by molar-refractivity contribution is -0.282. The molecular formula is C68H135NO46P6. The zero-order valence-corrected chi connectivity index (χ0v) is 74.9. The van der Waals surface area contributed by atoms with Crippen LogP contribution in [0.2, 0.25) is 0 Å². The van der Waals surface area contributed by atoms with Crippen LogP contribution in [0.5, 0.6) is 0 Å². The van der Waals surface area contributed by atoms with Crippen molar-refractivity contribution in [2.45, 2.75) is 229 Å². The van der Waals surface area contributed by atoms with Crippen molar-refractivity contribution in [1.29, 1.82) is 0 Å². The van der Waals surface area contributed by atoms with Gasteiger partial charge in [-0.2, -0.15) is 0 Å². The lowest BCUT2D eigenvalue weighted by atomic mass is 9.92. The Labute approximate surface area is 705 Å². The summed E-state index contributed by atoms with van der Waals surface area (Å²) in [6.45, 7) is -0.868. The molecule has 4 heterocycles. The van der Waals surface area contributed by atoms with Crippen molar-refractivity contribution in [3.8, 4) is 0 Å². The standard InChI is InChI=1S/C68H135NO46P6/c1-48-34-53(57(111-48)41-107-116(6,80)81)115-121(90,91)110-47-97-40-52(38-92-5)39-96-46-109-120(88,89)108-45-68(42-93-22-19-31-104-117(82,83)101-28-16-10-7-13-25-98-65-49(2)59(74)61(76)54(35-70)112-65,43-94-23-20-32-105-118(84,85)102-29-17-11-8-14-26-99-66-50(3)60(75)62(77)55(36-71)113-66)44-95-24-21-33-106-119(86,87)103-30-18-12-9-15-27-100-67-58(69-51(4)73)64(79)63(78)56(37-72)114-67/h48-50,52-67,70-72,74-79H,7-47H2,1-6H3,(H,69,73)(H,80,81)(H,82,83)(H,84,85)(H,86,87)(H,88,89)(H,90,91)/t48-,49?,50?,52?,53?,54?,55?,56?,57+,58?,59+,60+,61-,62-,63-,64+,65+,66+,67+,68?/m0/s1. The van der Waals surface area contributed by atoms with E-state index in [1.54, 1.807) is 20.8 Å². The van der Waals surface area contributed by atoms with Gasteiger partial charge >= 0.3 is 46.7 Å². The molecule has 0 aromatic rings. The van der Waals surface area contributed by atoms with Crippen LogP contribution in [-0.2, 0) is 144 Å². The Morgan fingerprint density at radius 1 is 0.405 bits per heavy atom. The predicted octanol–water partition coefficient (Wildman–Crippen LogP) is 2.27. The summed E-state index contributed by atoms with van der Waals surface area (Å²) >= 11 is 0. The Morgan fingerprint density at radius 2 is 0.760 bits per heavy atom. The molecule has 53 heteroatoms. The first-order valence-corrected chi connectivity index (χ1v) is 49.8. The Hall–Kier alpha value is -0.710. The number of carbonyl (C=O) groups excluding carboxylic acids is 1. The third-order valence-corrected chi connectivity index (χ3v) is 24.6. The van der Waals surface area contributed by atoms with E-state index in [9.17, 15) is 108 Å². The molecule has 0 aromatic carbocycles. The molecule has 14 unspecified atom stereocenters. The van der Waals surface area contributed by atoms with Crippen LogP contribution in [0.3, 0.4) is 0 Å². The average Bonchev–Trinajstić information content (AvgIpc) is 1.36. The molecule has 4 rings (SSSR count). The molecule has 4 fully saturated rings. The van der Waals surface area contributed by atoms with Crippen LogP contribution in [0.4, 0.5) is 0 Å². The van der Waals surface area contributed by atoms with Gasteiger partial charge in [0.1, 0.15) is 61.0 Å². The third-order valence-electron chi connectivity index (χ3n) is 19.0. The van der Waals surface area contributed by atoms with E-state index in [0.29, 0.717) is 77.0 Å². The van der Waals surface area contributed by atoms with E-state index in [4.69, 9.17) is 111 Å². The summed E-state index contributed by atoms with van der Waals surface area (Å²) < 4.78 is 208. The summed E-state index contributed by atoms with van der Waals surface area (Å²) in [6.07, 6.45) is -10.5. The highest BCUT2D eigenvalue weighted by Crippen LogP contribution is 2.50. The number of carbonyl (C=O) groups is 1. The number of aliphatic hydroxyl groups excluding tert-OH is 9. The van der Waals surface area contributed by atoms with Crippen LogP contribution in [-0.4, -0.2) is 359 Å². The van der Waals surface area contributed by atoms with Gasteiger partial charge in [0.25, 0.3) is 0 Å². The van der Waals surface area contributed by atoms with Crippen molar-refractivity contribution < 1.29 is 219 Å². The smallest absolute Gasteiger partial charge is 0.394 e. The number of rotatable bonds is 72. The number of aliphatic hydroxyl groups is 9. The largest absolute Gasteiger partial charge is 0.474 e. The van der Waals surface area contributed by atoms with E-state index in [2.05, 4.69) is 5.32 Å². The van der Waals surface area contributed by atoms with Gasteiger partial charge in [-0.1, -0.05) is 52.4 Å². The summed E-state index contributed by atoms with van der Waals surface area (Å²) in [5, 5.41) is 92.7. The van der Waals surface area contributed by atoms with Crippen LogP contribution in [0.1, 0.15) is 130 Å². The number of amides is 1. The number of methoxy groups -OCH3 is 1. The number of unbranched alkanes of at least 4 members (excludes halogenated alkanes) is 9. The Morgan fingerprint density at radius 3 is 1.14 bits per heavy atom. The number of ether oxygens (including phenoxy) is 13. The SMILES string of the molecule is COCC(COCOP(=O)(O)OCC(COCCCOP(=O)(O)OCCCCCCO[C@@H]1OC(CO)[C@H](O)[C@H](O)C1C)(COCCCOP(=O)(O)OCCCCCCO[C@@H]1OC(CO)[C@H](O)[C@H](O)C1C)COCCCOP(=O)(O)OCCCCCCO[C@@H]1OC(CO)[C@H](O)[C@H](O)C1NC(C)=O)COCOP(=O)(O)OC1C[C@H](C)O[C@@H]1COP(C)(=O)O. The third kappa shape index (κ3) is 46.8. The molecule has 0 aliphatic carbocycles. The Balaban J connectivity index is 1.36. The molecule has 1 amide bonds. The molecule has 0 radical (unpaired) electrons. The maximum absolute atomic E-state index is 13.7. The van der Waals surface area contributed by atoms with Crippen molar-refractivity contribution in [2.75, 3.05) is 179 Å². The second-order valence-electron chi connectivity index (χ2n) is 29.8. The second kappa shape index (κ2) is 59.6. The molecule has 0 saturated carbocycles. The monoisotopic (exact) mass is 1890 g/mol. The summed E-state index contributed by atoms with van der Waals surface area (Å²) in [5.41, 5.74) is -1.59. The molecular weight excluding hydrogens is 1750 g/mol. The van der Waals surface area contributed by atoms with E-state index >= 15 is 0 Å².